The number of piperidine rings is 1. The van der Waals surface area contributed by atoms with Crippen molar-refractivity contribution in [2.75, 3.05) is 39.1 Å². The van der Waals surface area contributed by atoms with Gasteiger partial charge in [0.05, 0.1) is 0 Å². The number of aromatic nitrogens is 3. The number of rotatable bonds is 7. The zero-order valence-corrected chi connectivity index (χ0v) is 18.7. The maximum absolute atomic E-state index is 13.1. The second kappa shape index (κ2) is 9.64. The third-order valence-electron chi connectivity index (χ3n) is 5.98. The fourth-order valence-electron chi connectivity index (χ4n) is 4.54. The van der Waals surface area contributed by atoms with Gasteiger partial charge < -0.3 is 10.4 Å². The topological polar surface area (TPSA) is 86.5 Å². The highest BCUT2D eigenvalue weighted by atomic mass is 32.2. The van der Waals surface area contributed by atoms with Crippen molar-refractivity contribution in [1.82, 2.24) is 23.1 Å². The lowest BCUT2D eigenvalue weighted by molar-refractivity contribution is 0.298. The summed E-state index contributed by atoms with van der Waals surface area (Å²) in [7, 11) is 4.13. The van der Waals surface area contributed by atoms with Crippen LogP contribution in [0.4, 0.5) is 5.95 Å². The van der Waals surface area contributed by atoms with Gasteiger partial charge in [0.1, 0.15) is 5.65 Å². The standard InChI is InChI=1S/C21H32N6O2S/c1-25(2)30-26-10-7-17(8-11-26)23-21-22-14-16-13-15(9-12-28)20(29)27(19(16)24-21)18-5-3-4-6-18/h13-14,17-18,28H,3-12H2,1-2H3,(H,22,23,24). The van der Waals surface area contributed by atoms with Crippen LogP contribution in [0.1, 0.15) is 50.1 Å². The van der Waals surface area contributed by atoms with Crippen molar-refractivity contribution in [1.29, 1.82) is 0 Å². The van der Waals surface area contributed by atoms with Crippen LogP contribution in [0, 0.1) is 0 Å². The summed E-state index contributed by atoms with van der Waals surface area (Å²) in [5.41, 5.74) is 1.35. The summed E-state index contributed by atoms with van der Waals surface area (Å²) in [5, 5.41) is 13.7. The number of aliphatic hydroxyl groups is 1. The van der Waals surface area contributed by atoms with Gasteiger partial charge in [-0.15, -0.1) is 0 Å². The Balaban J connectivity index is 1.58. The quantitative estimate of drug-likeness (QED) is 0.645. The second-order valence-electron chi connectivity index (χ2n) is 8.47. The fraction of sp³-hybridized carbons (Fsp3) is 0.667. The lowest BCUT2D eigenvalue weighted by Gasteiger charge is -2.32. The molecule has 0 radical (unpaired) electrons. The van der Waals surface area contributed by atoms with Crippen molar-refractivity contribution in [2.45, 2.75) is 57.0 Å². The summed E-state index contributed by atoms with van der Waals surface area (Å²) in [6.45, 7) is 2.01. The van der Waals surface area contributed by atoms with Gasteiger partial charge in [-0.25, -0.2) is 13.6 Å². The van der Waals surface area contributed by atoms with Crippen molar-refractivity contribution in [2.24, 2.45) is 0 Å². The van der Waals surface area contributed by atoms with Crippen LogP contribution in [-0.4, -0.2) is 68.1 Å². The fourth-order valence-corrected chi connectivity index (χ4v) is 5.38. The molecule has 0 amide bonds. The molecule has 0 atom stereocenters. The summed E-state index contributed by atoms with van der Waals surface area (Å²) in [6, 6.07) is 2.37. The predicted octanol–water partition coefficient (Wildman–Crippen LogP) is 2.44. The van der Waals surface area contributed by atoms with E-state index >= 15 is 0 Å². The van der Waals surface area contributed by atoms with Crippen LogP contribution in [0.2, 0.25) is 0 Å². The molecule has 1 aliphatic heterocycles. The Morgan fingerprint density at radius 1 is 1.23 bits per heavy atom. The van der Waals surface area contributed by atoms with Crippen LogP contribution in [0.5, 0.6) is 0 Å². The van der Waals surface area contributed by atoms with E-state index < -0.39 is 0 Å². The van der Waals surface area contributed by atoms with Gasteiger partial charge in [0.2, 0.25) is 5.95 Å². The molecule has 2 N–H and O–H groups in total. The van der Waals surface area contributed by atoms with E-state index in [9.17, 15) is 9.90 Å². The first-order valence-electron chi connectivity index (χ1n) is 10.9. The maximum Gasteiger partial charge on any atom is 0.255 e. The number of pyridine rings is 1. The normalized spacial score (nSPS) is 19.2. The van der Waals surface area contributed by atoms with Gasteiger partial charge in [-0.05, 0) is 45.8 Å². The monoisotopic (exact) mass is 432 g/mol. The third kappa shape index (κ3) is 4.80. The van der Waals surface area contributed by atoms with Crippen molar-refractivity contribution in [3.8, 4) is 0 Å². The number of nitrogens with one attached hydrogen (secondary N) is 1. The van der Waals surface area contributed by atoms with Gasteiger partial charge >= 0.3 is 0 Å². The van der Waals surface area contributed by atoms with Crippen LogP contribution in [0.3, 0.4) is 0 Å². The average molecular weight is 433 g/mol. The zero-order valence-electron chi connectivity index (χ0n) is 17.9. The van der Waals surface area contributed by atoms with E-state index in [-0.39, 0.29) is 18.2 Å². The number of nitrogens with zero attached hydrogens (tertiary/aromatic N) is 5. The zero-order chi connectivity index (χ0) is 21.1. The van der Waals surface area contributed by atoms with Crippen molar-refractivity contribution < 1.29 is 5.11 Å². The van der Waals surface area contributed by atoms with Gasteiger partial charge in [0, 0.05) is 67.5 Å². The molecule has 2 aromatic rings. The van der Waals surface area contributed by atoms with Crippen LogP contribution >= 0.6 is 12.1 Å². The lowest BCUT2D eigenvalue weighted by Crippen LogP contribution is -2.37. The largest absolute Gasteiger partial charge is 0.396 e. The van der Waals surface area contributed by atoms with E-state index in [0.717, 1.165) is 57.0 Å². The second-order valence-corrected chi connectivity index (χ2v) is 9.88. The van der Waals surface area contributed by atoms with E-state index in [4.69, 9.17) is 4.98 Å². The molecule has 2 aromatic heterocycles. The molecule has 0 unspecified atom stereocenters. The van der Waals surface area contributed by atoms with E-state index in [1.165, 1.54) is 0 Å². The number of fused-ring (bicyclic) bond motifs is 1. The number of hydrogen-bond donors (Lipinski definition) is 2. The first kappa shape index (κ1) is 21.5. The molecule has 3 heterocycles. The van der Waals surface area contributed by atoms with Gasteiger partial charge in [-0.1, -0.05) is 12.8 Å². The molecule has 9 heteroatoms. The first-order chi connectivity index (χ1) is 14.5. The highest BCUT2D eigenvalue weighted by Crippen LogP contribution is 2.31. The molecule has 164 valence electrons. The first-order valence-corrected chi connectivity index (χ1v) is 11.7. The number of hydrogen-bond acceptors (Lipinski definition) is 8. The van der Waals surface area contributed by atoms with E-state index in [1.54, 1.807) is 12.1 Å². The summed E-state index contributed by atoms with van der Waals surface area (Å²) in [4.78, 5) is 22.5. The van der Waals surface area contributed by atoms with E-state index in [1.807, 2.05) is 16.8 Å². The van der Waals surface area contributed by atoms with Gasteiger partial charge in [0.25, 0.3) is 5.56 Å². The summed E-state index contributed by atoms with van der Waals surface area (Å²) in [6.07, 6.45) is 8.54. The SMILES string of the molecule is CN(C)SN1CCC(Nc2ncc3cc(CCO)c(=O)n(C4CCCC4)c3n2)CC1. The molecule has 2 aliphatic rings. The molecular formula is C21H32N6O2S. The minimum atomic E-state index is -0.0310. The van der Waals surface area contributed by atoms with Crippen molar-refractivity contribution in [3.63, 3.8) is 0 Å². The van der Waals surface area contributed by atoms with Crippen LogP contribution in [0.15, 0.2) is 17.1 Å². The molecule has 1 aliphatic carbocycles. The molecule has 2 fully saturated rings. The molecule has 0 aromatic carbocycles. The Kier molecular flexibility index (Phi) is 6.92. The molecule has 0 spiro atoms. The highest BCUT2D eigenvalue weighted by molar-refractivity contribution is 7.94. The van der Waals surface area contributed by atoms with E-state index in [0.29, 0.717) is 29.6 Å². The molecule has 4 rings (SSSR count). The predicted molar refractivity (Wildman–Crippen MR) is 122 cm³/mol. The highest BCUT2D eigenvalue weighted by Gasteiger charge is 2.24. The van der Waals surface area contributed by atoms with Gasteiger partial charge in [-0.2, -0.15) is 4.98 Å². The van der Waals surface area contributed by atoms with Crippen LogP contribution < -0.4 is 10.9 Å². The third-order valence-corrected chi connectivity index (χ3v) is 6.91. The number of aliphatic hydroxyl groups excluding tert-OH is 1. The Hall–Kier alpha value is -1.68. The summed E-state index contributed by atoms with van der Waals surface area (Å²) in [5.74, 6) is 0.599. The number of anilines is 1. The molecular weight excluding hydrogens is 400 g/mol. The Bertz CT molecular complexity index is 920. The maximum atomic E-state index is 13.1. The molecule has 8 nitrogen and oxygen atoms in total. The van der Waals surface area contributed by atoms with Gasteiger partial charge in [0.15, 0.2) is 0 Å². The Labute approximate surface area is 181 Å². The smallest absolute Gasteiger partial charge is 0.255 e. The lowest BCUT2D eigenvalue weighted by atomic mass is 10.1. The summed E-state index contributed by atoms with van der Waals surface area (Å²) >= 11 is 1.76. The van der Waals surface area contributed by atoms with Crippen LogP contribution in [-0.2, 0) is 6.42 Å². The molecule has 1 saturated heterocycles. The van der Waals surface area contributed by atoms with Gasteiger partial charge in [-0.3, -0.25) is 9.36 Å². The molecule has 0 bridgehead atoms. The Morgan fingerprint density at radius 3 is 2.63 bits per heavy atom. The molecule has 1 saturated carbocycles. The average Bonchev–Trinajstić information content (AvgIpc) is 3.24. The molecule has 30 heavy (non-hydrogen) atoms. The van der Waals surface area contributed by atoms with E-state index in [2.05, 4.69) is 33.0 Å². The minimum Gasteiger partial charge on any atom is -0.396 e. The minimum absolute atomic E-state index is 0.0119. The Morgan fingerprint density at radius 2 is 1.97 bits per heavy atom. The summed E-state index contributed by atoms with van der Waals surface area (Å²) < 4.78 is 6.37. The van der Waals surface area contributed by atoms with Crippen LogP contribution in [0.25, 0.3) is 11.0 Å². The van der Waals surface area contributed by atoms with Crippen molar-refractivity contribution in [3.05, 3.63) is 28.2 Å². The van der Waals surface area contributed by atoms with Crippen molar-refractivity contribution >= 4 is 29.1 Å².